The Hall–Kier alpha value is -0.220. The highest BCUT2D eigenvalue weighted by molar-refractivity contribution is 7.99. The van der Waals surface area contributed by atoms with Crippen molar-refractivity contribution < 1.29 is 4.74 Å². The van der Waals surface area contributed by atoms with Gasteiger partial charge >= 0.3 is 0 Å². The second kappa shape index (κ2) is 7.17. The van der Waals surface area contributed by atoms with Crippen LogP contribution in [0.5, 0.6) is 0 Å². The molecule has 1 aromatic rings. The maximum atomic E-state index is 6.13. The van der Waals surface area contributed by atoms with Crippen LogP contribution in [0.2, 0.25) is 5.02 Å². The highest BCUT2D eigenvalue weighted by Crippen LogP contribution is 2.37. The number of hydrogen-bond acceptors (Lipinski definition) is 3. The topological polar surface area (TPSA) is 21.3 Å². The molecule has 0 amide bonds. The third kappa shape index (κ3) is 3.70. The summed E-state index contributed by atoms with van der Waals surface area (Å²) < 4.78 is 5.91. The lowest BCUT2D eigenvalue weighted by atomic mass is 10.0. The number of halogens is 1. The Balaban J connectivity index is 1.49. The van der Waals surface area contributed by atoms with E-state index in [9.17, 15) is 0 Å². The Kier molecular flexibility index (Phi) is 5.27. The molecule has 20 heavy (non-hydrogen) atoms. The van der Waals surface area contributed by atoms with E-state index in [0.717, 1.165) is 18.2 Å². The summed E-state index contributed by atoms with van der Waals surface area (Å²) in [7, 11) is 0. The highest BCUT2D eigenvalue weighted by atomic mass is 35.5. The van der Waals surface area contributed by atoms with Gasteiger partial charge in [0.25, 0.3) is 0 Å². The van der Waals surface area contributed by atoms with Crippen molar-refractivity contribution in [2.24, 2.45) is 0 Å². The van der Waals surface area contributed by atoms with E-state index in [1.165, 1.54) is 48.3 Å². The van der Waals surface area contributed by atoms with Gasteiger partial charge < -0.3 is 10.1 Å². The molecule has 2 aliphatic rings. The first-order valence-electron chi connectivity index (χ1n) is 7.60. The smallest absolute Gasteiger partial charge is 0.0594 e. The molecule has 1 aliphatic heterocycles. The van der Waals surface area contributed by atoms with Gasteiger partial charge in [0.1, 0.15) is 0 Å². The summed E-state index contributed by atoms with van der Waals surface area (Å²) in [6, 6.07) is 6.67. The second-order valence-electron chi connectivity index (χ2n) is 5.60. The van der Waals surface area contributed by atoms with Crippen LogP contribution >= 0.6 is 23.4 Å². The van der Waals surface area contributed by atoms with Crippen LogP contribution in [-0.2, 0) is 4.74 Å². The number of ether oxygens (including phenoxy) is 1. The van der Waals surface area contributed by atoms with E-state index in [1.807, 2.05) is 17.8 Å². The highest BCUT2D eigenvalue weighted by Gasteiger charge is 2.21. The summed E-state index contributed by atoms with van der Waals surface area (Å²) >= 11 is 8.06. The maximum Gasteiger partial charge on any atom is 0.0594 e. The van der Waals surface area contributed by atoms with Crippen molar-refractivity contribution >= 4 is 23.4 Å². The normalized spacial score (nSPS) is 22.9. The van der Waals surface area contributed by atoms with Crippen LogP contribution in [0.15, 0.2) is 23.1 Å². The molecule has 1 fully saturated rings. The first kappa shape index (κ1) is 14.7. The van der Waals surface area contributed by atoms with Crippen molar-refractivity contribution in [3.63, 3.8) is 0 Å². The standard InChI is InChI=1S/C16H22ClNOS/c17-12-5-6-16-14(11-12)15(7-10-20-16)18-8-9-19-13-3-1-2-4-13/h5-6,11,13,15,18H,1-4,7-10H2. The van der Waals surface area contributed by atoms with Gasteiger partial charge in [-0.2, -0.15) is 0 Å². The van der Waals surface area contributed by atoms with Gasteiger partial charge in [-0.3, -0.25) is 0 Å². The van der Waals surface area contributed by atoms with Gasteiger partial charge in [0, 0.05) is 22.5 Å². The van der Waals surface area contributed by atoms with E-state index in [0.29, 0.717) is 12.1 Å². The maximum absolute atomic E-state index is 6.13. The number of rotatable bonds is 5. The minimum atomic E-state index is 0.428. The first-order valence-corrected chi connectivity index (χ1v) is 8.96. The number of benzene rings is 1. The number of hydrogen-bond donors (Lipinski definition) is 1. The molecular weight excluding hydrogens is 290 g/mol. The zero-order valence-corrected chi connectivity index (χ0v) is 13.3. The molecule has 0 spiro atoms. The third-order valence-electron chi connectivity index (χ3n) is 4.16. The number of thioether (sulfide) groups is 1. The summed E-state index contributed by atoms with van der Waals surface area (Å²) in [5.74, 6) is 1.18. The summed E-state index contributed by atoms with van der Waals surface area (Å²) in [6.07, 6.45) is 6.85. The quantitative estimate of drug-likeness (QED) is 0.813. The van der Waals surface area contributed by atoms with Crippen LogP contribution < -0.4 is 5.32 Å². The van der Waals surface area contributed by atoms with Crippen molar-refractivity contribution in [1.82, 2.24) is 5.32 Å². The van der Waals surface area contributed by atoms with E-state index in [4.69, 9.17) is 16.3 Å². The van der Waals surface area contributed by atoms with Crippen molar-refractivity contribution in [3.8, 4) is 0 Å². The van der Waals surface area contributed by atoms with E-state index in [-0.39, 0.29) is 0 Å². The lowest BCUT2D eigenvalue weighted by molar-refractivity contribution is 0.0590. The Morgan fingerprint density at radius 1 is 1.25 bits per heavy atom. The molecule has 2 nitrogen and oxygen atoms in total. The molecule has 1 atom stereocenters. The van der Waals surface area contributed by atoms with Crippen LogP contribution in [0.25, 0.3) is 0 Å². The molecule has 0 bridgehead atoms. The second-order valence-corrected chi connectivity index (χ2v) is 7.18. The monoisotopic (exact) mass is 311 g/mol. The molecular formula is C16H22ClNOS. The van der Waals surface area contributed by atoms with Gasteiger partial charge in [-0.25, -0.2) is 0 Å². The summed E-state index contributed by atoms with van der Waals surface area (Å²) in [4.78, 5) is 1.37. The van der Waals surface area contributed by atoms with Crippen LogP contribution in [-0.4, -0.2) is 25.0 Å². The van der Waals surface area contributed by atoms with E-state index >= 15 is 0 Å². The van der Waals surface area contributed by atoms with Crippen molar-refractivity contribution in [3.05, 3.63) is 28.8 Å². The van der Waals surface area contributed by atoms with Crippen LogP contribution in [0, 0.1) is 0 Å². The molecule has 1 aromatic carbocycles. The zero-order valence-electron chi connectivity index (χ0n) is 11.7. The molecule has 1 N–H and O–H groups in total. The Morgan fingerprint density at radius 2 is 2.10 bits per heavy atom. The predicted octanol–water partition coefficient (Wildman–Crippen LogP) is 4.43. The van der Waals surface area contributed by atoms with Crippen LogP contribution in [0.1, 0.15) is 43.7 Å². The van der Waals surface area contributed by atoms with Crippen molar-refractivity contribution in [2.75, 3.05) is 18.9 Å². The number of nitrogens with one attached hydrogen (secondary N) is 1. The van der Waals surface area contributed by atoms with Gasteiger partial charge in [-0.1, -0.05) is 24.4 Å². The third-order valence-corrected chi connectivity index (χ3v) is 5.52. The molecule has 0 saturated heterocycles. The fourth-order valence-electron chi connectivity index (χ4n) is 3.09. The first-order chi connectivity index (χ1) is 9.83. The Labute approximate surface area is 130 Å². The fraction of sp³-hybridized carbons (Fsp3) is 0.625. The molecule has 4 heteroatoms. The van der Waals surface area contributed by atoms with Crippen LogP contribution in [0.3, 0.4) is 0 Å². The molecule has 1 saturated carbocycles. The Morgan fingerprint density at radius 3 is 2.95 bits per heavy atom. The summed E-state index contributed by atoms with van der Waals surface area (Å²) in [5.41, 5.74) is 1.36. The summed E-state index contributed by atoms with van der Waals surface area (Å²) in [5, 5.41) is 4.47. The SMILES string of the molecule is Clc1ccc2c(c1)C(NCCOC1CCCC1)CCS2. The van der Waals surface area contributed by atoms with Gasteiger partial charge in [-0.05, 0) is 48.8 Å². The fourth-order valence-corrected chi connectivity index (χ4v) is 4.38. The lowest BCUT2D eigenvalue weighted by Gasteiger charge is -2.26. The van der Waals surface area contributed by atoms with Crippen LogP contribution in [0.4, 0.5) is 0 Å². The lowest BCUT2D eigenvalue weighted by Crippen LogP contribution is -2.28. The van der Waals surface area contributed by atoms with Gasteiger partial charge in [0.05, 0.1) is 12.7 Å². The van der Waals surface area contributed by atoms with E-state index in [1.54, 1.807) is 0 Å². The largest absolute Gasteiger partial charge is 0.377 e. The van der Waals surface area contributed by atoms with E-state index in [2.05, 4.69) is 17.4 Å². The minimum Gasteiger partial charge on any atom is -0.377 e. The molecule has 1 unspecified atom stereocenters. The molecule has 110 valence electrons. The molecule has 3 rings (SSSR count). The van der Waals surface area contributed by atoms with Gasteiger partial charge in [0.2, 0.25) is 0 Å². The zero-order chi connectivity index (χ0) is 13.8. The average molecular weight is 312 g/mol. The molecule has 0 radical (unpaired) electrons. The van der Waals surface area contributed by atoms with E-state index < -0.39 is 0 Å². The van der Waals surface area contributed by atoms with Crippen molar-refractivity contribution in [2.45, 2.75) is 49.1 Å². The number of fused-ring (bicyclic) bond motifs is 1. The molecule has 1 aliphatic carbocycles. The van der Waals surface area contributed by atoms with Gasteiger partial charge in [-0.15, -0.1) is 11.8 Å². The van der Waals surface area contributed by atoms with Gasteiger partial charge in [0.15, 0.2) is 0 Å². The van der Waals surface area contributed by atoms with Crippen molar-refractivity contribution in [1.29, 1.82) is 0 Å². The average Bonchev–Trinajstić information content (AvgIpc) is 2.97. The minimum absolute atomic E-state index is 0.428. The summed E-state index contributed by atoms with van der Waals surface area (Å²) in [6.45, 7) is 1.75. The molecule has 1 heterocycles. The Bertz CT molecular complexity index is 448. The molecule has 0 aromatic heterocycles. The predicted molar refractivity (Wildman–Crippen MR) is 85.7 cm³/mol.